The average Bonchev–Trinajstić information content (AvgIpc) is 2.75. The number of hydrogen-bond donors (Lipinski definition) is 1. The fraction of sp³-hybridized carbons (Fsp3) is 0.0714. The Bertz CT molecular complexity index is 619. The maximum Gasteiger partial charge on any atom is 0.141 e. The van der Waals surface area contributed by atoms with Crippen LogP contribution in [0.25, 0.3) is 11.6 Å². The zero-order valence-electron chi connectivity index (χ0n) is 9.02. The number of nitrogens with zero attached hydrogens (tertiary/aromatic N) is 1. The quantitative estimate of drug-likeness (QED) is 0.778. The molecular weight excluding hydrogens is 234 g/mol. The third kappa shape index (κ3) is 1.81. The van der Waals surface area contributed by atoms with Gasteiger partial charge in [0.1, 0.15) is 16.6 Å². The SMILES string of the molecule is Oc1ccc(Cl)nc1C1=Cc2ccccc2C1. The number of hydrogen-bond acceptors (Lipinski definition) is 2. The summed E-state index contributed by atoms with van der Waals surface area (Å²) in [6.07, 6.45) is 2.84. The van der Waals surface area contributed by atoms with Gasteiger partial charge in [0, 0.05) is 6.42 Å². The van der Waals surface area contributed by atoms with E-state index < -0.39 is 0 Å². The zero-order chi connectivity index (χ0) is 11.8. The fourth-order valence-corrected chi connectivity index (χ4v) is 2.24. The number of pyridine rings is 1. The average molecular weight is 244 g/mol. The maximum atomic E-state index is 9.81. The van der Waals surface area contributed by atoms with Gasteiger partial charge < -0.3 is 5.11 Å². The Morgan fingerprint density at radius 2 is 1.94 bits per heavy atom. The molecule has 84 valence electrons. The van der Waals surface area contributed by atoms with E-state index in [-0.39, 0.29) is 5.75 Å². The van der Waals surface area contributed by atoms with Gasteiger partial charge in [0.25, 0.3) is 0 Å². The van der Waals surface area contributed by atoms with Crippen LogP contribution in [0, 0.1) is 0 Å². The van der Waals surface area contributed by atoms with Gasteiger partial charge in [-0.1, -0.05) is 35.9 Å². The van der Waals surface area contributed by atoms with Crippen molar-refractivity contribution in [2.75, 3.05) is 0 Å². The highest BCUT2D eigenvalue weighted by Gasteiger charge is 2.17. The number of aromatic nitrogens is 1. The molecule has 0 atom stereocenters. The first-order chi connectivity index (χ1) is 8.24. The van der Waals surface area contributed by atoms with Crippen molar-refractivity contribution in [1.29, 1.82) is 0 Å². The molecule has 0 radical (unpaired) electrons. The highest BCUT2D eigenvalue weighted by molar-refractivity contribution is 6.29. The Morgan fingerprint density at radius 3 is 2.76 bits per heavy atom. The first kappa shape index (κ1) is 10.4. The van der Waals surface area contributed by atoms with Crippen molar-refractivity contribution in [3.63, 3.8) is 0 Å². The molecule has 0 unspecified atom stereocenters. The second-order valence-corrected chi connectivity index (χ2v) is 4.43. The summed E-state index contributed by atoms with van der Waals surface area (Å²) in [6.45, 7) is 0. The second-order valence-electron chi connectivity index (χ2n) is 4.05. The van der Waals surface area contributed by atoms with E-state index in [0.29, 0.717) is 10.8 Å². The molecule has 3 heteroatoms. The fourth-order valence-electron chi connectivity index (χ4n) is 2.10. The number of fused-ring (bicyclic) bond motifs is 1. The van der Waals surface area contributed by atoms with Crippen LogP contribution in [-0.4, -0.2) is 10.1 Å². The Morgan fingerprint density at radius 1 is 1.12 bits per heavy atom. The molecule has 0 saturated carbocycles. The highest BCUT2D eigenvalue weighted by atomic mass is 35.5. The van der Waals surface area contributed by atoms with Crippen LogP contribution in [0.3, 0.4) is 0 Å². The Kier molecular flexibility index (Phi) is 2.37. The monoisotopic (exact) mass is 243 g/mol. The highest BCUT2D eigenvalue weighted by Crippen LogP contribution is 2.34. The van der Waals surface area contributed by atoms with Gasteiger partial charge in [-0.3, -0.25) is 0 Å². The van der Waals surface area contributed by atoms with E-state index in [1.54, 1.807) is 12.1 Å². The Labute approximate surface area is 104 Å². The number of benzene rings is 1. The molecule has 1 N–H and O–H groups in total. The summed E-state index contributed by atoms with van der Waals surface area (Å²) in [5.41, 5.74) is 4.02. The van der Waals surface area contributed by atoms with Gasteiger partial charge in [-0.2, -0.15) is 0 Å². The lowest BCUT2D eigenvalue weighted by molar-refractivity contribution is 0.470. The van der Waals surface area contributed by atoms with Crippen LogP contribution in [0.5, 0.6) is 5.75 Å². The summed E-state index contributed by atoms with van der Waals surface area (Å²) in [6, 6.07) is 11.3. The van der Waals surface area contributed by atoms with Crippen molar-refractivity contribution in [2.24, 2.45) is 0 Å². The van der Waals surface area contributed by atoms with Crippen LogP contribution >= 0.6 is 11.6 Å². The van der Waals surface area contributed by atoms with Gasteiger partial charge in [0.05, 0.1) is 0 Å². The Hall–Kier alpha value is -1.80. The maximum absolute atomic E-state index is 9.81. The number of halogens is 1. The predicted octanol–water partition coefficient (Wildman–Crippen LogP) is 3.54. The normalized spacial score (nSPS) is 13.4. The molecule has 17 heavy (non-hydrogen) atoms. The predicted molar refractivity (Wildman–Crippen MR) is 68.9 cm³/mol. The lowest BCUT2D eigenvalue weighted by Gasteiger charge is -2.04. The largest absolute Gasteiger partial charge is 0.506 e. The van der Waals surface area contributed by atoms with E-state index in [4.69, 9.17) is 11.6 Å². The molecule has 0 fully saturated rings. The summed E-state index contributed by atoms with van der Waals surface area (Å²) in [4.78, 5) is 4.18. The molecule has 1 heterocycles. The van der Waals surface area contributed by atoms with Crippen LogP contribution in [0.2, 0.25) is 5.15 Å². The molecule has 0 bridgehead atoms. The number of rotatable bonds is 1. The van der Waals surface area contributed by atoms with Crippen molar-refractivity contribution in [1.82, 2.24) is 4.98 Å². The zero-order valence-corrected chi connectivity index (χ0v) is 9.78. The minimum absolute atomic E-state index is 0.174. The Balaban J connectivity index is 2.06. The van der Waals surface area contributed by atoms with E-state index in [0.717, 1.165) is 12.0 Å². The minimum atomic E-state index is 0.174. The molecule has 3 rings (SSSR count). The molecule has 1 aliphatic carbocycles. The van der Waals surface area contributed by atoms with Crippen LogP contribution < -0.4 is 0 Å². The lowest BCUT2D eigenvalue weighted by atomic mass is 10.1. The summed E-state index contributed by atoms with van der Waals surface area (Å²) < 4.78 is 0. The molecule has 2 nitrogen and oxygen atoms in total. The summed E-state index contributed by atoms with van der Waals surface area (Å²) in [7, 11) is 0. The number of allylic oxidation sites excluding steroid dienone is 1. The third-order valence-electron chi connectivity index (χ3n) is 2.91. The van der Waals surface area contributed by atoms with E-state index >= 15 is 0 Å². The van der Waals surface area contributed by atoms with Crippen LogP contribution in [0.1, 0.15) is 16.8 Å². The molecule has 1 aromatic carbocycles. The van der Waals surface area contributed by atoms with E-state index in [1.165, 1.54) is 11.1 Å². The molecule has 1 aliphatic rings. The van der Waals surface area contributed by atoms with Gasteiger partial charge in [0.2, 0.25) is 0 Å². The molecule has 0 saturated heterocycles. The van der Waals surface area contributed by atoms with Crippen molar-refractivity contribution < 1.29 is 5.11 Å². The lowest BCUT2D eigenvalue weighted by Crippen LogP contribution is -1.91. The van der Waals surface area contributed by atoms with Gasteiger partial charge >= 0.3 is 0 Å². The van der Waals surface area contributed by atoms with Crippen LogP contribution in [0.4, 0.5) is 0 Å². The smallest absolute Gasteiger partial charge is 0.141 e. The van der Waals surface area contributed by atoms with E-state index in [2.05, 4.69) is 17.1 Å². The van der Waals surface area contributed by atoms with Gasteiger partial charge in [-0.15, -0.1) is 0 Å². The topological polar surface area (TPSA) is 33.1 Å². The van der Waals surface area contributed by atoms with E-state index in [1.807, 2.05) is 18.2 Å². The minimum Gasteiger partial charge on any atom is -0.506 e. The van der Waals surface area contributed by atoms with Crippen LogP contribution in [-0.2, 0) is 6.42 Å². The summed E-state index contributed by atoms with van der Waals surface area (Å²) >= 11 is 5.86. The van der Waals surface area contributed by atoms with Crippen LogP contribution in [0.15, 0.2) is 36.4 Å². The van der Waals surface area contributed by atoms with Crippen molar-refractivity contribution in [3.05, 3.63) is 58.4 Å². The molecule has 2 aromatic rings. The van der Waals surface area contributed by atoms with Gasteiger partial charge in [-0.25, -0.2) is 4.98 Å². The van der Waals surface area contributed by atoms with Crippen molar-refractivity contribution >= 4 is 23.3 Å². The summed E-state index contributed by atoms with van der Waals surface area (Å²) in [5, 5.41) is 10.2. The standard InChI is InChI=1S/C14H10ClNO/c15-13-6-5-12(17)14(16-13)11-7-9-3-1-2-4-10(9)8-11/h1-7,17H,8H2. The third-order valence-corrected chi connectivity index (χ3v) is 3.12. The molecule has 0 amide bonds. The second kappa shape index (κ2) is 3.90. The van der Waals surface area contributed by atoms with Crippen molar-refractivity contribution in [3.8, 4) is 5.75 Å². The molecule has 0 aliphatic heterocycles. The molecule has 1 aromatic heterocycles. The van der Waals surface area contributed by atoms with E-state index in [9.17, 15) is 5.11 Å². The summed E-state index contributed by atoms with van der Waals surface area (Å²) in [5.74, 6) is 0.174. The first-order valence-corrected chi connectivity index (χ1v) is 5.76. The number of aromatic hydroxyl groups is 1. The molecular formula is C14H10ClNO. The van der Waals surface area contributed by atoms with Gasteiger partial charge in [-0.05, 0) is 34.9 Å². The molecule has 0 spiro atoms. The van der Waals surface area contributed by atoms with Gasteiger partial charge in [0.15, 0.2) is 0 Å². The van der Waals surface area contributed by atoms with Crippen molar-refractivity contribution in [2.45, 2.75) is 6.42 Å². The first-order valence-electron chi connectivity index (χ1n) is 5.38.